The highest BCUT2D eigenvalue weighted by Crippen LogP contribution is 2.34. The molecule has 0 saturated heterocycles. The summed E-state index contributed by atoms with van der Waals surface area (Å²) in [6.45, 7) is 11.5. The maximum absolute atomic E-state index is 13.3. The van der Waals surface area contributed by atoms with Gasteiger partial charge in [-0.25, -0.2) is 9.97 Å². The molecule has 0 radical (unpaired) electrons. The highest BCUT2D eigenvalue weighted by atomic mass is 16.5. The minimum atomic E-state index is -0.319. The number of anilines is 2. The van der Waals surface area contributed by atoms with Crippen LogP contribution in [0.5, 0.6) is 5.88 Å². The predicted molar refractivity (Wildman–Crippen MR) is 127 cm³/mol. The fourth-order valence-corrected chi connectivity index (χ4v) is 4.18. The Hall–Kier alpha value is -3.46. The van der Waals surface area contributed by atoms with Crippen LogP contribution in [0.3, 0.4) is 0 Å². The lowest BCUT2D eigenvalue weighted by atomic mass is 9.96. The highest BCUT2D eigenvalue weighted by Gasteiger charge is 2.29. The number of aromatic nitrogens is 4. The Bertz CT molecular complexity index is 1190. The molecule has 0 aliphatic carbocycles. The number of carbonyl (C=O) groups excluding carboxylic acids is 1. The summed E-state index contributed by atoms with van der Waals surface area (Å²) in [6, 6.07) is 4.01. The summed E-state index contributed by atoms with van der Waals surface area (Å²) in [5, 5.41) is 4.85. The maximum atomic E-state index is 13.3. The SMILES string of the molecule is COC(C)(C)Cn1cc(C)c(-c2c(C)cc(N3CCOc4ncnc(N)c4C3=O)cc2C)n1. The summed E-state index contributed by atoms with van der Waals surface area (Å²) in [6.07, 6.45) is 3.34. The summed E-state index contributed by atoms with van der Waals surface area (Å²) < 4.78 is 13.1. The van der Waals surface area contributed by atoms with E-state index in [9.17, 15) is 4.79 Å². The topological polar surface area (TPSA) is 108 Å². The van der Waals surface area contributed by atoms with Gasteiger partial charge in [0, 0.05) is 24.6 Å². The van der Waals surface area contributed by atoms with Gasteiger partial charge in [-0.1, -0.05) is 0 Å². The second-order valence-corrected chi connectivity index (χ2v) is 9.02. The van der Waals surface area contributed by atoms with Gasteiger partial charge in [0.25, 0.3) is 5.91 Å². The zero-order valence-corrected chi connectivity index (χ0v) is 20.0. The first kappa shape index (κ1) is 22.7. The summed E-state index contributed by atoms with van der Waals surface area (Å²) in [7, 11) is 1.71. The third-order valence-electron chi connectivity index (χ3n) is 5.96. The van der Waals surface area contributed by atoms with Crippen molar-refractivity contribution in [3.63, 3.8) is 0 Å². The van der Waals surface area contributed by atoms with Crippen LogP contribution in [0.4, 0.5) is 11.5 Å². The number of amides is 1. The van der Waals surface area contributed by atoms with Gasteiger partial charge in [-0.2, -0.15) is 5.10 Å². The first-order chi connectivity index (χ1) is 15.6. The monoisotopic (exact) mass is 450 g/mol. The normalized spacial score (nSPS) is 14.1. The quantitative estimate of drug-likeness (QED) is 0.635. The van der Waals surface area contributed by atoms with Crippen LogP contribution in [0.15, 0.2) is 24.7 Å². The van der Waals surface area contributed by atoms with Crippen molar-refractivity contribution in [3.8, 4) is 17.1 Å². The Balaban J connectivity index is 1.71. The van der Waals surface area contributed by atoms with Crippen molar-refractivity contribution in [2.24, 2.45) is 0 Å². The van der Waals surface area contributed by atoms with Crippen molar-refractivity contribution in [2.45, 2.75) is 46.8 Å². The maximum Gasteiger partial charge on any atom is 0.267 e. The molecular formula is C24H30N6O3. The summed E-state index contributed by atoms with van der Waals surface area (Å²) >= 11 is 0. The summed E-state index contributed by atoms with van der Waals surface area (Å²) in [4.78, 5) is 23.0. The smallest absolute Gasteiger partial charge is 0.267 e. The molecule has 33 heavy (non-hydrogen) atoms. The first-order valence-corrected chi connectivity index (χ1v) is 10.9. The highest BCUT2D eigenvalue weighted by molar-refractivity contribution is 6.10. The number of nitrogens with two attached hydrogens (primary N) is 1. The number of nitrogens with zero attached hydrogens (tertiary/aromatic N) is 5. The Morgan fingerprint density at radius 2 is 1.82 bits per heavy atom. The molecule has 0 spiro atoms. The fourth-order valence-electron chi connectivity index (χ4n) is 4.18. The minimum Gasteiger partial charge on any atom is -0.475 e. The van der Waals surface area contributed by atoms with E-state index in [4.69, 9.17) is 20.3 Å². The molecule has 1 amide bonds. The number of hydrogen-bond donors (Lipinski definition) is 1. The van der Waals surface area contributed by atoms with E-state index in [1.54, 1.807) is 12.0 Å². The molecular weight excluding hydrogens is 420 g/mol. The number of benzene rings is 1. The molecule has 3 heterocycles. The molecule has 2 N–H and O–H groups in total. The van der Waals surface area contributed by atoms with Gasteiger partial charge >= 0.3 is 0 Å². The number of ether oxygens (including phenoxy) is 2. The lowest BCUT2D eigenvalue weighted by Gasteiger charge is -2.23. The molecule has 9 nitrogen and oxygen atoms in total. The van der Waals surface area contributed by atoms with Gasteiger partial charge in [-0.15, -0.1) is 0 Å². The van der Waals surface area contributed by atoms with E-state index >= 15 is 0 Å². The standard InChI is InChI=1S/C24H30N6O3/c1-14-9-17(30-7-8-33-22-19(23(30)31)21(25)26-13-27-22)10-15(2)18(14)20-16(3)11-29(28-20)12-24(4,5)32-6/h9-11,13H,7-8,12H2,1-6H3,(H2,25,26,27). The van der Waals surface area contributed by atoms with E-state index in [0.717, 1.165) is 33.6 Å². The lowest BCUT2D eigenvalue weighted by Crippen LogP contribution is -2.33. The van der Waals surface area contributed by atoms with E-state index in [1.807, 2.05) is 50.7 Å². The zero-order chi connectivity index (χ0) is 23.9. The van der Waals surface area contributed by atoms with Gasteiger partial charge in [-0.05, 0) is 63.4 Å². The molecule has 4 rings (SSSR count). The molecule has 2 aromatic heterocycles. The van der Waals surface area contributed by atoms with Crippen LogP contribution in [0.1, 0.15) is 40.9 Å². The lowest BCUT2D eigenvalue weighted by molar-refractivity contribution is 0.00546. The van der Waals surface area contributed by atoms with Crippen LogP contribution in [0.25, 0.3) is 11.3 Å². The second kappa shape index (κ2) is 8.47. The van der Waals surface area contributed by atoms with Gasteiger partial charge in [0.05, 0.1) is 24.4 Å². The average Bonchev–Trinajstić information content (AvgIpc) is 2.98. The minimum absolute atomic E-state index is 0.113. The molecule has 3 aromatic rings. The van der Waals surface area contributed by atoms with Gasteiger partial charge < -0.3 is 20.1 Å². The van der Waals surface area contributed by atoms with Gasteiger partial charge in [-0.3, -0.25) is 9.48 Å². The molecule has 9 heteroatoms. The van der Waals surface area contributed by atoms with Gasteiger partial charge in [0.2, 0.25) is 5.88 Å². The molecule has 1 aliphatic heterocycles. The van der Waals surface area contributed by atoms with E-state index in [1.165, 1.54) is 6.33 Å². The van der Waals surface area contributed by atoms with Crippen molar-refractivity contribution in [2.75, 3.05) is 30.9 Å². The largest absolute Gasteiger partial charge is 0.475 e. The Morgan fingerprint density at radius 3 is 2.48 bits per heavy atom. The van der Waals surface area contributed by atoms with Crippen LogP contribution in [0.2, 0.25) is 0 Å². The number of fused-ring (bicyclic) bond motifs is 1. The third kappa shape index (κ3) is 4.28. The molecule has 1 aliphatic rings. The van der Waals surface area contributed by atoms with E-state index in [0.29, 0.717) is 19.7 Å². The number of aryl methyl sites for hydroxylation is 3. The Morgan fingerprint density at radius 1 is 1.12 bits per heavy atom. The Labute approximate surface area is 193 Å². The number of methoxy groups -OCH3 is 1. The van der Waals surface area contributed by atoms with E-state index < -0.39 is 0 Å². The zero-order valence-electron chi connectivity index (χ0n) is 20.0. The number of nitrogen functional groups attached to an aromatic ring is 1. The van der Waals surface area contributed by atoms with Crippen LogP contribution < -0.4 is 15.4 Å². The number of rotatable bonds is 5. The van der Waals surface area contributed by atoms with E-state index in [-0.39, 0.29) is 28.8 Å². The molecule has 0 atom stereocenters. The molecule has 0 saturated carbocycles. The van der Waals surface area contributed by atoms with Crippen molar-refractivity contribution >= 4 is 17.4 Å². The van der Waals surface area contributed by atoms with Crippen LogP contribution in [0, 0.1) is 20.8 Å². The Kier molecular flexibility index (Phi) is 5.84. The van der Waals surface area contributed by atoms with Crippen molar-refractivity contribution < 1.29 is 14.3 Å². The molecule has 174 valence electrons. The summed E-state index contributed by atoms with van der Waals surface area (Å²) in [5.41, 5.74) is 11.8. The van der Waals surface area contributed by atoms with Crippen molar-refractivity contribution in [3.05, 3.63) is 46.9 Å². The predicted octanol–water partition coefficient (Wildman–Crippen LogP) is 3.31. The molecule has 1 aromatic carbocycles. The van der Waals surface area contributed by atoms with E-state index in [2.05, 4.69) is 16.9 Å². The summed E-state index contributed by atoms with van der Waals surface area (Å²) in [5.74, 6) is 0.0664. The molecule has 0 bridgehead atoms. The average molecular weight is 451 g/mol. The van der Waals surface area contributed by atoms with Gasteiger partial charge in [0.1, 0.15) is 24.3 Å². The second-order valence-electron chi connectivity index (χ2n) is 9.02. The van der Waals surface area contributed by atoms with Crippen LogP contribution >= 0.6 is 0 Å². The van der Waals surface area contributed by atoms with Gasteiger partial charge in [0.15, 0.2) is 0 Å². The van der Waals surface area contributed by atoms with Crippen molar-refractivity contribution in [1.29, 1.82) is 0 Å². The van der Waals surface area contributed by atoms with Crippen LogP contribution in [-0.4, -0.2) is 51.5 Å². The number of carbonyl (C=O) groups is 1. The fraction of sp³-hybridized carbons (Fsp3) is 0.417. The molecule has 0 fully saturated rings. The molecule has 0 unspecified atom stereocenters. The van der Waals surface area contributed by atoms with Crippen LogP contribution in [-0.2, 0) is 11.3 Å². The number of hydrogen-bond acceptors (Lipinski definition) is 7. The first-order valence-electron chi connectivity index (χ1n) is 10.9. The van der Waals surface area contributed by atoms with Crippen molar-refractivity contribution in [1.82, 2.24) is 19.7 Å². The third-order valence-corrected chi connectivity index (χ3v) is 5.96.